The predicted octanol–water partition coefficient (Wildman–Crippen LogP) is 2.16. The first-order chi connectivity index (χ1) is 18.7. The second-order valence-corrected chi connectivity index (χ2v) is 8.07. The fourth-order valence-electron chi connectivity index (χ4n) is 3.55. The number of nitro benzene ring substituents is 1. The number of hydrogen-bond donors (Lipinski definition) is 2. The van der Waals surface area contributed by atoms with Gasteiger partial charge >= 0.3 is 28.6 Å². The van der Waals surface area contributed by atoms with Crippen molar-refractivity contribution in [1.29, 1.82) is 0 Å². The number of ether oxygens (including phenoxy) is 2. The molecule has 0 aliphatic carbocycles. The van der Waals surface area contributed by atoms with Gasteiger partial charge in [0.05, 0.1) is 18.0 Å². The molecule has 198 valence electrons. The van der Waals surface area contributed by atoms with Crippen LogP contribution >= 0.6 is 0 Å². The summed E-state index contributed by atoms with van der Waals surface area (Å²) in [5.41, 5.74) is -0.372. The van der Waals surface area contributed by atoms with Crippen molar-refractivity contribution in [2.75, 3.05) is 0 Å². The van der Waals surface area contributed by atoms with Crippen LogP contribution in [0.15, 0.2) is 95.0 Å². The molecule has 0 saturated heterocycles. The maximum Gasteiger partial charge on any atom is 0.440 e. The third-order valence-corrected chi connectivity index (χ3v) is 5.35. The van der Waals surface area contributed by atoms with Crippen molar-refractivity contribution in [2.24, 2.45) is 0 Å². The summed E-state index contributed by atoms with van der Waals surface area (Å²) in [7, 11) is 0. The average Bonchev–Trinajstić information content (AvgIpc) is 3.39. The number of nitrogens with one attached hydrogen (secondary N) is 2. The van der Waals surface area contributed by atoms with Crippen molar-refractivity contribution in [1.82, 2.24) is 19.4 Å². The van der Waals surface area contributed by atoms with E-state index in [-0.39, 0.29) is 36.0 Å². The Kier molecular flexibility index (Phi) is 6.52. The SMILES string of the molecule is O=c1[nH]c(=O)n(Cc2ccc(Oc3ccc([N+](=O)[O-])c(Oc4ccc(Cn5oc(=O)[nH]c5=O)cc4)c3)cc2)o1. The molecule has 0 unspecified atom stereocenters. The Morgan fingerprint density at radius 3 is 1.59 bits per heavy atom. The largest absolute Gasteiger partial charge is 0.457 e. The molecule has 0 aliphatic heterocycles. The van der Waals surface area contributed by atoms with E-state index in [0.717, 1.165) is 9.48 Å². The van der Waals surface area contributed by atoms with Crippen LogP contribution in [-0.4, -0.2) is 24.4 Å². The number of nitrogens with zero attached hydrogens (tertiary/aromatic N) is 3. The molecule has 5 rings (SSSR count). The van der Waals surface area contributed by atoms with Gasteiger partial charge in [0, 0.05) is 12.1 Å². The van der Waals surface area contributed by atoms with Gasteiger partial charge in [0.15, 0.2) is 0 Å². The van der Waals surface area contributed by atoms with Crippen molar-refractivity contribution in [2.45, 2.75) is 13.1 Å². The predicted molar refractivity (Wildman–Crippen MR) is 132 cm³/mol. The summed E-state index contributed by atoms with van der Waals surface area (Å²) in [6, 6.07) is 16.9. The number of hydrogen-bond acceptors (Lipinski definition) is 10. The Bertz CT molecular complexity index is 1870. The van der Waals surface area contributed by atoms with E-state index in [1.54, 1.807) is 48.5 Å². The Hall–Kier alpha value is -5.86. The zero-order chi connectivity index (χ0) is 27.5. The first-order valence-corrected chi connectivity index (χ1v) is 11.2. The van der Waals surface area contributed by atoms with E-state index in [0.29, 0.717) is 16.9 Å². The Balaban J connectivity index is 1.30. The number of H-pyrrole nitrogens is 2. The van der Waals surface area contributed by atoms with Gasteiger partial charge in [0.2, 0.25) is 5.75 Å². The number of benzene rings is 3. The van der Waals surface area contributed by atoms with Crippen LogP contribution in [-0.2, 0) is 13.1 Å². The number of nitro groups is 1. The quantitative estimate of drug-likeness (QED) is 0.208. The maximum atomic E-state index is 11.6. The van der Waals surface area contributed by atoms with Gasteiger partial charge in [-0.15, -0.1) is 9.48 Å². The van der Waals surface area contributed by atoms with Gasteiger partial charge in [-0.3, -0.25) is 10.1 Å². The molecule has 0 aliphatic rings. The van der Waals surface area contributed by atoms with Crippen LogP contribution in [0, 0.1) is 10.1 Å². The number of rotatable bonds is 9. The van der Waals surface area contributed by atoms with Crippen molar-refractivity contribution in [3.05, 3.63) is 130 Å². The Morgan fingerprint density at radius 1 is 0.692 bits per heavy atom. The van der Waals surface area contributed by atoms with Gasteiger partial charge in [0.25, 0.3) is 0 Å². The highest BCUT2D eigenvalue weighted by Gasteiger charge is 2.18. The van der Waals surface area contributed by atoms with Crippen LogP contribution in [0.5, 0.6) is 23.0 Å². The average molecular weight is 535 g/mol. The standard InChI is InChI=1S/C24H17N5O10/c30-21-25-23(32)38-27(21)12-14-1-5-16(6-2-14)36-18-9-10-19(29(34)35)20(11-18)37-17-7-3-15(4-8-17)13-28-22(31)26-24(33)39-28/h1-11H,12-13H2,(H,25,30,32)(H,26,31,33). The lowest BCUT2D eigenvalue weighted by Crippen LogP contribution is -2.17. The third kappa shape index (κ3) is 5.77. The van der Waals surface area contributed by atoms with Gasteiger partial charge in [-0.25, -0.2) is 29.1 Å². The highest BCUT2D eigenvalue weighted by molar-refractivity contribution is 5.53. The first-order valence-electron chi connectivity index (χ1n) is 11.2. The molecule has 2 aromatic heterocycles. The molecule has 2 N–H and O–H groups in total. The molecule has 3 aromatic carbocycles. The molecule has 5 aromatic rings. The molecule has 0 saturated carbocycles. The molecular weight excluding hydrogens is 518 g/mol. The Labute approximate surface area is 215 Å². The van der Waals surface area contributed by atoms with Crippen LogP contribution in [0.4, 0.5) is 5.69 Å². The zero-order valence-electron chi connectivity index (χ0n) is 19.7. The molecule has 0 amide bonds. The van der Waals surface area contributed by atoms with Crippen molar-refractivity contribution < 1.29 is 23.4 Å². The summed E-state index contributed by atoms with van der Waals surface area (Å²) in [5, 5.41) is 11.5. The summed E-state index contributed by atoms with van der Waals surface area (Å²) < 4.78 is 22.7. The monoisotopic (exact) mass is 535 g/mol. The summed E-state index contributed by atoms with van der Waals surface area (Å²) in [4.78, 5) is 60.4. The van der Waals surface area contributed by atoms with Crippen molar-refractivity contribution >= 4 is 5.69 Å². The van der Waals surface area contributed by atoms with Gasteiger partial charge in [0.1, 0.15) is 17.2 Å². The maximum absolute atomic E-state index is 11.6. The smallest absolute Gasteiger partial charge is 0.440 e. The highest BCUT2D eigenvalue weighted by atomic mass is 16.6. The molecular formula is C24H17N5O10. The molecule has 0 spiro atoms. The highest BCUT2D eigenvalue weighted by Crippen LogP contribution is 2.36. The zero-order valence-corrected chi connectivity index (χ0v) is 19.7. The van der Waals surface area contributed by atoms with E-state index < -0.39 is 27.8 Å². The normalized spacial score (nSPS) is 10.9. The molecule has 15 heteroatoms. The van der Waals surface area contributed by atoms with Crippen LogP contribution in [0.25, 0.3) is 0 Å². The third-order valence-electron chi connectivity index (χ3n) is 5.35. The fourth-order valence-corrected chi connectivity index (χ4v) is 3.55. The second kappa shape index (κ2) is 10.3. The van der Waals surface area contributed by atoms with Crippen molar-refractivity contribution in [3.8, 4) is 23.0 Å². The van der Waals surface area contributed by atoms with Gasteiger partial charge in [-0.2, -0.15) is 0 Å². The second-order valence-electron chi connectivity index (χ2n) is 8.07. The fraction of sp³-hybridized carbons (Fsp3) is 0.0833. The lowest BCUT2D eigenvalue weighted by Gasteiger charge is -2.11. The lowest BCUT2D eigenvalue weighted by atomic mass is 10.2. The minimum absolute atomic E-state index is 0.00348. The summed E-state index contributed by atoms with van der Waals surface area (Å²) in [5.74, 6) is -0.856. The molecule has 0 bridgehead atoms. The van der Waals surface area contributed by atoms with Crippen LogP contribution < -0.4 is 32.4 Å². The molecule has 15 nitrogen and oxygen atoms in total. The van der Waals surface area contributed by atoms with Crippen LogP contribution in [0.2, 0.25) is 0 Å². The molecule has 2 heterocycles. The minimum Gasteiger partial charge on any atom is -0.457 e. The molecule has 0 fully saturated rings. The topological polar surface area (TPSA) is 198 Å². The molecule has 39 heavy (non-hydrogen) atoms. The van der Waals surface area contributed by atoms with E-state index in [4.69, 9.17) is 18.5 Å². The summed E-state index contributed by atoms with van der Waals surface area (Å²) in [6.07, 6.45) is 0. The van der Waals surface area contributed by atoms with Gasteiger partial charge in [-0.05, 0) is 41.5 Å². The molecule has 0 radical (unpaired) electrons. The van der Waals surface area contributed by atoms with E-state index >= 15 is 0 Å². The van der Waals surface area contributed by atoms with Gasteiger partial charge < -0.3 is 18.5 Å². The minimum atomic E-state index is -0.867. The number of aromatic amines is 2. The first kappa shape index (κ1) is 24.8. The summed E-state index contributed by atoms with van der Waals surface area (Å²) >= 11 is 0. The van der Waals surface area contributed by atoms with Crippen LogP contribution in [0.3, 0.4) is 0 Å². The molecule has 0 atom stereocenters. The number of aromatic nitrogens is 4. The van der Waals surface area contributed by atoms with E-state index in [1.807, 2.05) is 9.97 Å². The van der Waals surface area contributed by atoms with Gasteiger partial charge in [-0.1, -0.05) is 24.3 Å². The van der Waals surface area contributed by atoms with E-state index in [1.165, 1.54) is 18.2 Å². The lowest BCUT2D eigenvalue weighted by molar-refractivity contribution is -0.385. The Morgan fingerprint density at radius 2 is 1.15 bits per heavy atom. The van der Waals surface area contributed by atoms with E-state index in [2.05, 4.69) is 0 Å². The summed E-state index contributed by atoms with van der Waals surface area (Å²) in [6.45, 7) is 0.0268. The van der Waals surface area contributed by atoms with E-state index in [9.17, 15) is 29.3 Å². The van der Waals surface area contributed by atoms with Crippen molar-refractivity contribution in [3.63, 3.8) is 0 Å². The van der Waals surface area contributed by atoms with Crippen LogP contribution in [0.1, 0.15) is 11.1 Å².